The minimum absolute atomic E-state index is 0.0554. The van der Waals surface area contributed by atoms with Crippen LogP contribution < -0.4 is 0 Å². The summed E-state index contributed by atoms with van der Waals surface area (Å²) in [5.74, 6) is 1.78. The maximum Gasteiger partial charge on any atom is 0.155 e. The molecule has 0 unspecified atom stereocenters. The van der Waals surface area contributed by atoms with Gasteiger partial charge < -0.3 is 5.11 Å². The van der Waals surface area contributed by atoms with Crippen molar-refractivity contribution in [3.05, 3.63) is 22.8 Å². The monoisotopic (exact) mass is 300 g/mol. The zero-order valence-electron chi connectivity index (χ0n) is 14.0. The lowest BCUT2D eigenvalue weighted by Gasteiger charge is -2.52. The molecule has 1 saturated carbocycles. The van der Waals surface area contributed by atoms with Gasteiger partial charge in [0.2, 0.25) is 0 Å². The standard InChI is InChI=1S/C20H28O2/c1-19(12-21)9-8-16-15-4-3-13-11-14(22)7-10-20(13,2)18(15)6-5-17(16)19/h11,15,18,21H,3-10,12H2,1-2H3/t15-,18-,19+,20-/m0/s1. The maximum atomic E-state index is 11.8. The van der Waals surface area contributed by atoms with Crippen LogP contribution in [-0.2, 0) is 4.79 Å². The van der Waals surface area contributed by atoms with Gasteiger partial charge in [0.15, 0.2) is 5.78 Å². The van der Waals surface area contributed by atoms with Gasteiger partial charge >= 0.3 is 0 Å². The zero-order chi connectivity index (χ0) is 15.5. The van der Waals surface area contributed by atoms with Crippen LogP contribution in [0, 0.1) is 22.7 Å². The third-order valence-electron chi connectivity index (χ3n) is 7.55. The molecule has 0 aliphatic heterocycles. The molecule has 0 heterocycles. The molecule has 0 aromatic heterocycles. The Bertz CT molecular complexity index is 585. The average molecular weight is 300 g/mol. The summed E-state index contributed by atoms with van der Waals surface area (Å²) >= 11 is 0. The van der Waals surface area contributed by atoms with Crippen molar-refractivity contribution < 1.29 is 9.90 Å². The summed E-state index contributed by atoms with van der Waals surface area (Å²) in [4.78, 5) is 11.8. The van der Waals surface area contributed by atoms with Gasteiger partial charge in [-0.05, 0) is 68.3 Å². The van der Waals surface area contributed by atoms with Crippen LogP contribution in [0.2, 0.25) is 0 Å². The van der Waals surface area contributed by atoms with Gasteiger partial charge in [0.1, 0.15) is 0 Å². The van der Waals surface area contributed by atoms with E-state index >= 15 is 0 Å². The smallest absolute Gasteiger partial charge is 0.155 e. The molecule has 1 N–H and O–H groups in total. The number of hydrogen-bond donors (Lipinski definition) is 1. The summed E-state index contributed by atoms with van der Waals surface area (Å²) in [5.41, 5.74) is 5.05. The van der Waals surface area contributed by atoms with Gasteiger partial charge in [-0.1, -0.05) is 30.6 Å². The van der Waals surface area contributed by atoms with Crippen molar-refractivity contribution in [2.45, 2.75) is 65.2 Å². The van der Waals surface area contributed by atoms with Crippen LogP contribution in [0.5, 0.6) is 0 Å². The van der Waals surface area contributed by atoms with Gasteiger partial charge in [-0.25, -0.2) is 0 Å². The number of rotatable bonds is 1. The van der Waals surface area contributed by atoms with E-state index in [0.29, 0.717) is 18.3 Å². The molecule has 0 aromatic rings. The summed E-state index contributed by atoms with van der Waals surface area (Å²) in [6.07, 6.45) is 10.9. The van der Waals surface area contributed by atoms with E-state index in [-0.39, 0.29) is 10.8 Å². The van der Waals surface area contributed by atoms with E-state index in [2.05, 4.69) is 13.8 Å². The lowest BCUT2D eigenvalue weighted by molar-refractivity contribution is -0.116. The molecule has 0 bridgehead atoms. The topological polar surface area (TPSA) is 37.3 Å². The largest absolute Gasteiger partial charge is 0.395 e. The Balaban J connectivity index is 1.72. The summed E-state index contributed by atoms with van der Waals surface area (Å²) in [6.45, 7) is 4.98. The van der Waals surface area contributed by atoms with Crippen LogP contribution in [0.25, 0.3) is 0 Å². The van der Waals surface area contributed by atoms with Crippen molar-refractivity contribution >= 4 is 5.78 Å². The molecule has 0 saturated heterocycles. The Morgan fingerprint density at radius 3 is 2.73 bits per heavy atom. The first-order chi connectivity index (χ1) is 10.5. The van der Waals surface area contributed by atoms with Crippen molar-refractivity contribution in [1.82, 2.24) is 0 Å². The predicted octanol–water partition coefficient (Wildman–Crippen LogP) is 4.19. The number of aliphatic hydroxyl groups is 1. The molecule has 4 aliphatic rings. The lowest BCUT2D eigenvalue weighted by Crippen LogP contribution is -2.43. The van der Waals surface area contributed by atoms with Crippen LogP contribution >= 0.6 is 0 Å². The molecule has 0 radical (unpaired) electrons. The fraction of sp³-hybridized carbons (Fsp3) is 0.750. The summed E-state index contributed by atoms with van der Waals surface area (Å²) < 4.78 is 0. The van der Waals surface area contributed by atoms with E-state index in [0.717, 1.165) is 31.6 Å². The van der Waals surface area contributed by atoms with E-state index in [1.807, 2.05) is 6.08 Å². The van der Waals surface area contributed by atoms with E-state index in [9.17, 15) is 9.90 Å². The molecule has 1 fully saturated rings. The minimum atomic E-state index is 0.0554. The highest BCUT2D eigenvalue weighted by Crippen LogP contribution is 2.62. The van der Waals surface area contributed by atoms with Crippen LogP contribution in [0.1, 0.15) is 65.2 Å². The molecular formula is C20H28O2. The quantitative estimate of drug-likeness (QED) is 0.737. The first-order valence-electron chi connectivity index (χ1n) is 9.05. The number of carbonyl (C=O) groups excluding carboxylic acids is 1. The molecule has 2 nitrogen and oxygen atoms in total. The fourth-order valence-electron chi connectivity index (χ4n) is 6.09. The van der Waals surface area contributed by atoms with Crippen LogP contribution in [0.3, 0.4) is 0 Å². The SMILES string of the molecule is C[C@]1(CO)CCC2=C1CC[C@H]1[C@H]2CCC2=CC(=O)CC[C@@]21C. The van der Waals surface area contributed by atoms with Crippen molar-refractivity contribution in [2.75, 3.05) is 6.61 Å². The molecule has 0 aromatic carbocycles. The Hall–Kier alpha value is -0.890. The van der Waals surface area contributed by atoms with Crippen molar-refractivity contribution in [1.29, 1.82) is 0 Å². The van der Waals surface area contributed by atoms with Crippen LogP contribution in [0.15, 0.2) is 22.8 Å². The molecule has 4 aliphatic carbocycles. The third kappa shape index (κ3) is 1.86. The average Bonchev–Trinajstić information content (AvgIpc) is 2.86. The second kappa shape index (κ2) is 4.80. The van der Waals surface area contributed by atoms with Gasteiger partial charge in [-0.3, -0.25) is 4.79 Å². The molecule has 4 rings (SSSR count). The van der Waals surface area contributed by atoms with Gasteiger partial charge in [-0.15, -0.1) is 0 Å². The summed E-state index contributed by atoms with van der Waals surface area (Å²) in [6, 6.07) is 0. The van der Waals surface area contributed by atoms with E-state index < -0.39 is 0 Å². The number of aliphatic hydroxyl groups excluding tert-OH is 1. The summed E-state index contributed by atoms with van der Waals surface area (Å²) in [5, 5.41) is 9.85. The van der Waals surface area contributed by atoms with E-state index in [4.69, 9.17) is 0 Å². The zero-order valence-corrected chi connectivity index (χ0v) is 14.0. The van der Waals surface area contributed by atoms with E-state index in [1.165, 1.54) is 31.3 Å². The second-order valence-electron chi connectivity index (χ2n) is 8.57. The number of ketones is 1. The highest BCUT2D eigenvalue weighted by Gasteiger charge is 2.52. The van der Waals surface area contributed by atoms with Gasteiger partial charge in [-0.2, -0.15) is 0 Å². The number of carbonyl (C=O) groups is 1. The molecule has 0 spiro atoms. The first-order valence-corrected chi connectivity index (χ1v) is 9.05. The van der Waals surface area contributed by atoms with Gasteiger partial charge in [0.05, 0.1) is 6.61 Å². The number of allylic oxidation sites excluding steroid dienone is 3. The van der Waals surface area contributed by atoms with Crippen LogP contribution in [-0.4, -0.2) is 17.5 Å². The second-order valence-corrected chi connectivity index (χ2v) is 8.57. The van der Waals surface area contributed by atoms with E-state index in [1.54, 1.807) is 11.1 Å². The molecule has 22 heavy (non-hydrogen) atoms. The molecular weight excluding hydrogens is 272 g/mol. The Labute approximate surface area is 133 Å². The number of fused-ring (bicyclic) bond motifs is 4. The van der Waals surface area contributed by atoms with Crippen molar-refractivity contribution in [3.8, 4) is 0 Å². The fourth-order valence-corrected chi connectivity index (χ4v) is 6.09. The number of hydrogen-bond acceptors (Lipinski definition) is 2. The minimum Gasteiger partial charge on any atom is -0.395 e. The van der Waals surface area contributed by atoms with Gasteiger partial charge in [0.25, 0.3) is 0 Å². The molecule has 2 heteroatoms. The molecule has 120 valence electrons. The predicted molar refractivity (Wildman–Crippen MR) is 87.3 cm³/mol. The molecule has 0 amide bonds. The summed E-state index contributed by atoms with van der Waals surface area (Å²) in [7, 11) is 0. The van der Waals surface area contributed by atoms with Crippen molar-refractivity contribution in [2.24, 2.45) is 22.7 Å². The highest BCUT2D eigenvalue weighted by atomic mass is 16.3. The third-order valence-corrected chi connectivity index (χ3v) is 7.55. The van der Waals surface area contributed by atoms with Gasteiger partial charge in [0, 0.05) is 11.8 Å². The lowest BCUT2D eigenvalue weighted by atomic mass is 9.52. The first kappa shape index (κ1) is 14.7. The Morgan fingerprint density at radius 2 is 1.95 bits per heavy atom. The van der Waals surface area contributed by atoms with Crippen LogP contribution in [0.4, 0.5) is 0 Å². The highest BCUT2D eigenvalue weighted by molar-refractivity contribution is 5.91. The Morgan fingerprint density at radius 1 is 1.14 bits per heavy atom. The van der Waals surface area contributed by atoms with Crippen molar-refractivity contribution in [3.63, 3.8) is 0 Å². The maximum absolute atomic E-state index is 11.8. The molecule has 4 atom stereocenters. The normalized spacial score (nSPS) is 44.3. The Kier molecular flexibility index (Phi) is 3.21.